The van der Waals surface area contributed by atoms with Gasteiger partial charge < -0.3 is 14.8 Å². The second-order valence-corrected chi connectivity index (χ2v) is 9.16. The Morgan fingerprint density at radius 1 is 1.03 bits per heavy atom. The van der Waals surface area contributed by atoms with Gasteiger partial charge in [-0.2, -0.15) is 0 Å². The van der Waals surface area contributed by atoms with E-state index in [0.717, 1.165) is 11.3 Å². The number of amides is 1. The summed E-state index contributed by atoms with van der Waals surface area (Å²) in [4.78, 5) is 17.3. The molecular weight excluding hydrogens is 503 g/mol. The lowest BCUT2D eigenvalue weighted by Crippen LogP contribution is -2.19. The van der Waals surface area contributed by atoms with Crippen molar-refractivity contribution in [2.75, 3.05) is 7.11 Å². The van der Waals surface area contributed by atoms with Gasteiger partial charge in [0.05, 0.1) is 22.7 Å². The molecular formula is C24H17Cl3N2O3S. The van der Waals surface area contributed by atoms with Crippen LogP contribution in [0, 0.1) is 0 Å². The van der Waals surface area contributed by atoms with E-state index in [1.807, 2.05) is 30.3 Å². The summed E-state index contributed by atoms with van der Waals surface area (Å²) in [6, 6.07) is 18.0. The zero-order chi connectivity index (χ0) is 23.4. The normalized spacial score (nSPS) is 15.7. The predicted octanol–water partition coefficient (Wildman–Crippen LogP) is 7.13. The fourth-order valence-electron chi connectivity index (χ4n) is 3.00. The summed E-state index contributed by atoms with van der Waals surface area (Å²) >= 11 is 19.9. The zero-order valence-electron chi connectivity index (χ0n) is 17.3. The molecule has 9 heteroatoms. The van der Waals surface area contributed by atoms with E-state index in [9.17, 15) is 4.79 Å². The van der Waals surface area contributed by atoms with Crippen molar-refractivity contribution in [2.45, 2.75) is 6.61 Å². The molecule has 4 rings (SSSR count). The Morgan fingerprint density at radius 3 is 2.55 bits per heavy atom. The summed E-state index contributed by atoms with van der Waals surface area (Å²) in [6.45, 7) is 0.185. The van der Waals surface area contributed by atoms with Crippen LogP contribution in [0.2, 0.25) is 15.1 Å². The molecule has 0 bridgehead atoms. The summed E-state index contributed by atoms with van der Waals surface area (Å²) in [5.74, 6) is 0.575. The lowest BCUT2D eigenvalue weighted by atomic mass is 10.1. The number of rotatable bonds is 6. The Balaban J connectivity index is 1.54. The van der Waals surface area contributed by atoms with Gasteiger partial charge in [0.25, 0.3) is 5.91 Å². The van der Waals surface area contributed by atoms with Gasteiger partial charge in [-0.25, -0.2) is 4.99 Å². The largest absolute Gasteiger partial charge is 0.493 e. The highest BCUT2D eigenvalue weighted by Crippen LogP contribution is 2.39. The summed E-state index contributed by atoms with van der Waals surface area (Å²) < 4.78 is 11.4. The quantitative estimate of drug-likeness (QED) is 0.352. The second kappa shape index (κ2) is 10.5. The van der Waals surface area contributed by atoms with E-state index in [-0.39, 0.29) is 12.5 Å². The van der Waals surface area contributed by atoms with Gasteiger partial charge in [-0.05, 0) is 59.8 Å². The SMILES string of the molecule is COc1cc(/C=C2\SC(=Nc3ccccc3)NC2=O)cc(Cl)c1OCc1ccc(Cl)cc1Cl. The fraction of sp³-hybridized carbons (Fsp3) is 0.0833. The number of hydrogen-bond donors (Lipinski definition) is 1. The predicted molar refractivity (Wildman–Crippen MR) is 136 cm³/mol. The van der Waals surface area contributed by atoms with E-state index in [0.29, 0.717) is 42.2 Å². The smallest absolute Gasteiger partial charge is 0.264 e. The lowest BCUT2D eigenvalue weighted by molar-refractivity contribution is -0.115. The van der Waals surface area contributed by atoms with Crippen molar-refractivity contribution in [1.82, 2.24) is 5.32 Å². The van der Waals surface area contributed by atoms with Crippen molar-refractivity contribution >= 4 is 69.4 Å². The first kappa shape index (κ1) is 23.5. The van der Waals surface area contributed by atoms with E-state index in [1.165, 1.54) is 18.9 Å². The first-order chi connectivity index (χ1) is 15.9. The minimum atomic E-state index is -0.234. The highest BCUT2D eigenvalue weighted by molar-refractivity contribution is 8.18. The molecule has 1 aliphatic heterocycles. The standard InChI is InChI=1S/C24H17Cl3N2O3S/c1-31-20-10-14(9-19(27)22(20)32-13-15-7-8-16(25)12-18(15)26)11-21-23(30)29-24(33-21)28-17-5-3-2-4-6-17/h2-12H,13H2,1H3,(H,28,29,30)/b21-11-. The zero-order valence-corrected chi connectivity index (χ0v) is 20.4. The number of methoxy groups -OCH3 is 1. The number of nitrogens with zero attached hydrogens (tertiary/aromatic N) is 1. The number of hydrogen-bond acceptors (Lipinski definition) is 5. The summed E-state index contributed by atoms with van der Waals surface area (Å²) in [6.07, 6.45) is 1.72. The molecule has 3 aromatic carbocycles. The molecule has 0 aromatic heterocycles. The number of carbonyl (C=O) groups excluding carboxylic acids is 1. The Kier molecular flexibility index (Phi) is 7.50. The first-order valence-electron chi connectivity index (χ1n) is 9.72. The van der Waals surface area contributed by atoms with E-state index in [4.69, 9.17) is 44.3 Å². The minimum Gasteiger partial charge on any atom is -0.493 e. The van der Waals surface area contributed by atoms with E-state index < -0.39 is 0 Å². The fourth-order valence-corrected chi connectivity index (χ4v) is 4.58. The molecule has 1 aliphatic rings. The molecule has 1 N–H and O–H groups in total. The van der Waals surface area contributed by atoms with Crippen molar-refractivity contribution in [3.63, 3.8) is 0 Å². The van der Waals surface area contributed by atoms with Crippen LogP contribution in [0.3, 0.4) is 0 Å². The van der Waals surface area contributed by atoms with Crippen molar-refractivity contribution in [2.24, 2.45) is 4.99 Å². The summed E-state index contributed by atoms with van der Waals surface area (Å²) in [5.41, 5.74) is 2.20. The third-order valence-corrected chi connectivity index (χ3v) is 6.35. The number of thioether (sulfide) groups is 1. The van der Waals surface area contributed by atoms with Crippen LogP contribution in [0.15, 0.2) is 70.6 Å². The van der Waals surface area contributed by atoms with Crippen LogP contribution in [-0.4, -0.2) is 18.2 Å². The third kappa shape index (κ3) is 5.84. The third-order valence-electron chi connectivity index (χ3n) is 4.57. The molecule has 1 saturated heterocycles. The van der Waals surface area contributed by atoms with Crippen LogP contribution in [0.5, 0.6) is 11.5 Å². The molecule has 0 aliphatic carbocycles. The van der Waals surface area contributed by atoms with Gasteiger partial charge in [0.2, 0.25) is 0 Å². The van der Waals surface area contributed by atoms with Crippen LogP contribution in [0.25, 0.3) is 6.08 Å². The number of amidine groups is 1. The average molecular weight is 520 g/mol. The average Bonchev–Trinajstić information content (AvgIpc) is 3.12. The van der Waals surface area contributed by atoms with Gasteiger partial charge in [-0.3, -0.25) is 4.79 Å². The molecule has 0 radical (unpaired) electrons. The van der Waals surface area contributed by atoms with Gasteiger partial charge >= 0.3 is 0 Å². The van der Waals surface area contributed by atoms with Crippen LogP contribution in [0.4, 0.5) is 5.69 Å². The summed E-state index contributed by atoms with van der Waals surface area (Å²) in [5, 5.41) is 4.66. The van der Waals surface area contributed by atoms with Crippen molar-refractivity contribution in [3.05, 3.63) is 91.8 Å². The Bertz CT molecular complexity index is 1260. The van der Waals surface area contributed by atoms with Crippen molar-refractivity contribution < 1.29 is 14.3 Å². The van der Waals surface area contributed by atoms with Gasteiger partial charge in [0.1, 0.15) is 6.61 Å². The topological polar surface area (TPSA) is 59.9 Å². The molecule has 1 heterocycles. The molecule has 1 amide bonds. The van der Waals surface area contributed by atoms with Crippen LogP contribution in [0.1, 0.15) is 11.1 Å². The maximum atomic E-state index is 12.4. The Labute approximate surface area is 210 Å². The molecule has 0 unspecified atom stereocenters. The molecule has 33 heavy (non-hydrogen) atoms. The highest BCUT2D eigenvalue weighted by Gasteiger charge is 2.24. The van der Waals surface area contributed by atoms with Crippen molar-refractivity contribution in [1.29, 1.82) is 0 Å². The first-order valence-corrected chi connectivity index (χ1v) is 11.7. The molecule has 0 atom stereocenters. The van der Waals surface area contributed by atoms with Crippen LogP contribution in [-0.2, 0) is 11.4 Å². The number of benzene rings is 3. The van der Waals surface area contributed by atoms with Crippen LogP contribution < -0.4 is 14.8 Å². The maximum absolute atomic E-state index is 12.4. The van der Waals surface area contributed by atoms with Crippen molar-refractivity contribution in [3.8, 4) is 11.5 Å². The highest BCUT2D eigenvalue weighted by atomic mass is 35.5. The Hall–Kier alpha value is -2.64. The van der Waals surface area contributed by atoms with Crippen LogP contribution >= 0.6 is 46.6 Å². The Morgan fingerprint density at radius 2 is 1.82 bits per heavy atom. The van der Waals surface area contributed by atoms with Gasteiger partial charge in [-0.15, -0.1) is 0 Å². The molecule has 3 aromatic rings. The number of nitrogens with one attached hydrogen (secondary N) is 1. The van der Waals surface area contributed by atoms with Gasteiger partial charge in [0.15, 0.2) is 16.7 Å². The number of carbonyl (C=O) groups is 1. The monoisotopic (exact) mass is 518 g/mol. The number of ether oxygens (including phenoxy) is 2. The second-order valence-electron chi connectivity index (χ2n) is 6.88. The van der Waals surface area contributed by atoms with E-state index >= 15 is 0 Å². The van der Waals surface area contributed by atoms with E-state index in [2.05, 4.69) is 10.3 Å². The molecule has 1 fully saturated rings. The molecule has 0 saturated carbocycles. The lowest BCUT2D eigenvalue weighted by Gasteiger charge is -2.14. The summed E-state index contributed by atoms with van der Waals surface area (Å²) in [7, 11) is 1.52. The number of aliphatic imine (C=N–C) groups is 1. The molecule has 168 valence electrons. The maximum Gasteiger partial charge on any atom is 0.264 e. The van der Waals surface area contributed by atoms with E-state index in [1.54, 1.807) is 36.4 Å². The van der Waals surface area contributed by atoms with Gasteiger partial charge in [0, 0.05) is 15.6 Å². The van der Waals surface area contributed by atoms with Gasteiger partial charge in [-0.1, -0.05) is 59.1 Å². The minimum absolute atomic E-state index is 0.185. The number of para-hydroxylation sites is 1. The number of halogens is 3. The molecule has 0 spiro atoms. The molecule has 5 nitrogen and oxygen atoms in total.